The predicted molar refractivity (Wildman–Crippen MR) is 181 cm³/mol. The van der Waals surface area contributed by atoms with Crippen molar-refractivity contribution < 1.29 is 41.9 Å². The molecule has 14 heteroatoms. The van der Waals surface area contributed by atoms with Gasteiger partial charge in [-0.05, 0) is 60.2 Å². The molecule has 3 amide bonds. The van der Waals surface area contributed by atoms with Gasteiger partial charge in [0, 0.05) is 37.9 Å². The summed E-state index contributed by atoms with van der Waals surface area (Å²) in [5, 5.41) is 2.00. The van der Waals surface area contributed by atoms with E-state index in [2.05, 4.69) is 16.3 Å². The molecule has 1 N–H and O–H groups in total. The molecule has 0 radical (unpaired) electrons. The first kappa shape index (κ1) is 36.2. The van der Waals surface area contributed by atoms with Crippen molar-refractivity contribution in [3.8, 4) is 11.6 Å². The Morgan fingerprint density at radius 1 is 1.18 bits per heavy atom. The van der Waals surface area contributed by atoms with E-state index in [1.807, 2.05) is 39.0 Å². The van der Waals surface area contributed by atoms with E-state index in [4.69, 9.17) is 14.3 Å². The SMILES string of the molecule is C=C[C@@H]1C[C@]1(CC(=O)[C@@H]1C[C@@H](Oc2nccc3cc(OC)ccc23)CN1C(=O)[C@@H](CC(=O)N(C)OC)C(C)(C)C)C(=O)NS(=O)(=O)C1CC1. The molecule has 2 aliphatic carbocycles. The highest BCUT2D eigenvalue weighted by Gasteiger charge is 2.61. The zero-order valence-electron chi connectivity index (χ0n) is 28.9. The number of benzene rings is 1. The van der Waals surface area contributed by atoms with E-state index >= 15 is 0 Å². The summed E-state index contributed by atoms with van der Waals surface area (Å²) in [7, 11) is 0.551. The fourth-order valence-corrected chi connectivity index (χ4v) is 8.00. The molecule has 2 aromatic rings. The number of Topliss-reactive ketones (excluding diaryl/α,β-unsaturated/α-hetero) is 1. The van der Waals surface area contributed by atoms with E-state index in [1.54, 1.807) is 25.4 Å². The molecule has 5 atom stereocenters. The van der Waals surface area contributed by atoms with Crippen LogP contribution in [0.4, 0.5) is 0 Å². The van der Waals surface area contributed by atoms with Gasteiger partial charge < -0.3 is 14.4 Å². The van der Waals surface area contributed by atoms with Gasteiger partial charge in [-0.2, -0.15) is 0 Å². The molecule has 49 heavy (non-hydrogen) atoms. The molecule has 1 aliphatic heterocycles. The Hall–Kier alpha value is -4.04. The van der Waals surface area contributed by atoms with Gasteiger partial charge in [0.15, 0.2) is 5.78 Å². The number of ether oxygens (including phenoxy) is 2. The van der Waals surface area contributed by atoms with Crippen molar-refractivity contribution in [1.29, 1.82) is 0 Å². The fraction of sp³-hybridized carbons (Fsp3) is 0.571. The smallest absolute Gasteiger partial charge is 0.246 e. The molecule has 0 spiro atoms. The summed E-state index contributed by atoms with van der Waals surface area (Å²) in [4.78, 5) is 66.1. The normalized spacial score (nSPS) is 24.2. The van der Waals surface area contributed by atoms with E-state index in [9.17, 15) is 27.6 Å². The number of nitrogens with zero attached hydrogens (tertiary/aromatic N) is 3. The number of hydrogen-bond donors (Lipinski definition) is 1. The maximum absolute atomic E-state index is 14.4. The van der Waals surface area contributed by atoms with Crippen LogP contribution < -0.4 is 14.2 Å². The van der Waals surface area contributed by atoms with Crippen LogP contribution in [0.3, 0.4) is 0 Å². The first-order valence-electron chi connectivity index (χ1n) is 16.5. The van der Waals surface area contributed by atoms with Crippen molar-refractivity contribution in [1.82, 2.24) is 19.7 Å². The predicted octanol–water partition coefficient (Wildman–Crippen LogP) is 3.42. The van der Waals surface area contributed by atoms with Gasteiger partial charge in [0.1, 0.15) is 11.9 Å². The lowest BCUT2D eigenvalue weighted by molar-refractivity contribution is -0.172. The van der Waals surface area contributed by atoms with Crippen molar-refractivity contribution in [2.24, 2.45) is 22.7 Å². The van der Waals surface area contributed by atoms with Gasteiger partial charge in [0.2, 0.25) is 33.6 Å². The van der Waals surface area contributed by atoms with Crippen LogP contribution >= 0.6 is 0 Å². The number of aromatic nitrogens is 1. The number of sulfonamides is 1. The fourth-order valence-electron chi connectivity index (χ4n) is 6.62. The van der Waals surface area contributed by atoms with Crippen LogP contribution in [0, 0.1) is 22.7 Å². The van der Waals surface area contributed by atoms with E-state index < -0.39 is 73.6 Å². The average molecular weight is 699 g/mol. The number of pyridine rings is 1. The van der Waals surface area contributed by atoms with E-state index in [0.717, 1.165) is 15.8 Å². The third-order valence-corrected chi connectivity index (χ3v) is 11.9. The molecule has 5 rings (SSSR count). The molecule has 266 valence electrons. The number of methoxy groups -OCH3 is 1. The molecule has 3 fully saturated rings. The van der Waals surface area contributed by atoms with Gasteiger partial charge in [-0.3, -0.25) is 28.7 Å². The van der Waals surface area contributed by atoms with E-state index in [-0.39, 0.29) is 32.2 Å². The number of rotatable bonds is 14. The minimum absolute atomic E-state index is 0.0322. The zero-order chi connectivity index (χ0) is 35.9. The molecule has 13 nitrogen and oxygen atoms in total. The Morgan fingerprint density at radius 2 is 1.90 bits per heavy atom. The molecule has 1 aromatic heterocycles. The number of hydrogen-bond acceptors (Lipinski definition) is 10. The quantitative estimate of drug-likeness (QED) is 0.229. The summed E-state index contributed by atoms with van der Waals surface area (Å²) in [5.41, 5.74) is -1.96. The van der Waals surface area contributed by atoms with Crippen LogP contribution in [0.2, 0.25) is 0 Å². The third kappa shape index (κ3) is 7.59. The Labute approximate surface area is 287 Å². The summed E-state index contributed by atoms with van der Waals surface area (Å²) in [6.07, 6.45) is 3.42. The molecule has 1 saturated heterocycles. The summed E-state index contributed by atoms with van der Waals surface area (Å²) in [5.74, 6) is -2.16. The minimum Gasteiger partial charge on any atom is -0.497 e. The number of nitrogens with one attached hydrogen (secondary N) is 1. The molecule has 0 bridgehead atoms. The average Bonchev–Trinajstić information content (AvgIpc) is 3.98. The van der Waals surface area contributed by atoms with Crippen LogP contribution in [0.25, 0.3) is 10.8 Å². The number of amides is 3. The van der Waals surface area contributed by atoms with Gasteiger partial charge >= 0.3 is 0 Å². The van der Waals surface area contributed by atoms with Crippen LogP contribution in [0.15, 0.2) is 43.1 Å². The maximum atomic E-state index is 14.4. The van der Waals surface area contributed by atoms with Crippen molar-refractivity contribution in [2.75, 3.05) is 27.8 Å². The van der Waals surface area contributed by atoms with Crippen molar-refractivity contribution in [3.63, 3.8) is 0 Å². The topological polar surface area (TPSA) is 162 Å². The van der Waals surface area contributed by atoms with E-state index in [1.165, 1.54) is 19.1 Å². The number of ketones is 1. The van der Waals surface area contributed by atoms with Gasteiger partial charge in [0.25, 0.3) is 0 Å². The monoisotopic (exact) mass is 698 g/mol. The number of fused-ring (bicyclic) bond motifs is 1. The lowest BCUT2D eigenvalue weighted by Crippen LogP contribution is -2.49. The molecular weight excluding hydrogens is 652 g/mol. The van der Waals surface area contributed by atoms with Crippen molar-refractivity contribution in [2.45, 2.75) is 76.7 Å². The first-order chi connectivity index (χ1) is 23.0. The Morgan fingerprint density at radius 3 is 2.49 bits per heavy atom. The number of allylic oxidation sites excluding steroid dienone is 1. The number of likely N-dealkylation sites (tertiary alicyclic amines) is 1. The lowest BCUT2D eigenvalue weighted by Gasteiger charge is -2.35. The third-order valence-electron chi connectivity index (χ3n) is 10.0. The second-order valence-electron chi connectivity index (χ2n) is 14.4. The highest BCUT2D eigenvalue weighted by atomic mass is 32.2. The summed E-state index contributed by atoms with van der Waals surface area (Å²) in [6, 6.07) is 6.29. The number of hydroxylamine groups is 2. The summed E-state index contributed by atoms with van der Waals surface area (Å²) >= 11 is 0. The molecule has 3 aliphatic rings. The summed E-state index contributed by atoms with van der Waals surface area (Å²) in [6.45, 7) is 9.38. The first-order valence-corrected chi connectivity index (χ1v) is 18.0. The molecular formula is C35H46N4O9S. The van der Waals surface area contributed by atoms with Gasteiger partial charge in [-0.1, -0.05) is 26.8 Å². The standard InChI is InChI=1S/C35H46N4O9S/c1-8-22-18-35(22,33(43)37-49(44,45)25-10-11-25)19-29(40)28-16-24(48-31-26-12-9-23(46-6)15-21(26)13-14-36-31)20-39(28)32(42)27(34(2,3)4)17-30(41)38(5)47-7/h8-9,12-15,22,24-25,27-28H,1,10-11,16-20H2,2-7H3,(H,37,43)/t22-,24-,27-,28+,35-/m1/s1. The van der Waals surface area contributed by atoms with Gasteiger partial charge in [-0.25, -0.2) is 18.5 Å². The second kappa shape index (κ2) is 13.7. The molecule has 1 aromatic carbocycles. The molecule has 2 saturated carbocycles. The van der Waals surface area contributed by atoms with Crippen LogP contribution in [0.5, 0.6) is 11.6 Å². The Balaban J connectivity index is 1.45. The van der Waals surface area contributed by atoms with Crippen molar-refractivity contribution >= 4 is 44.3 Å². The highest BCUT2D eigenvalue weighted by molar-refractivity contribution is 7.90. The second-order valence-corrected chi connectivity index (χ2v) is 16.4. The molecule has 0 unspecified atom stereocenters. The van der Waals surface area contributed by atoms with E-state index in [0.29, 0.717) is 24.5 Å². The minimum atomic E-state index is -3.85. The van der Waals surface area contributed by atoms with Crippen LogP contribution in [-0.2, 0) is 34.0 Å². The zero-order valence-corrected chi connectivity index (χ0v) is 29.7. The Bertz CT molecular complexity index is 1750. The number of carbonyl (C=O) groups is 4. The lowest BCUT2D eigenvalue weighted by atomic mass is 9.77. The van der Waals surface area contributed by atoms with Crippen LogP contribution in [0.1, 0.15) is 59.3 Å². The van der Waals surface area contributed by atoms with Crippen molar-refractivity contribution in [3.05, 3.63) is 43.1 Å². The molecule has 2 heterocycles. The van der Waals surface area contributed by atoms with Gasteiger partial charge in [0.05, 0.1) is 43.4 Å². The van der Waals surface area contributed by atoms with Gasteiger partial charge in [-0.15, -0.1) is 6.58 Å². The Kier molecular flexibility index (Phi) is 10.1. The largest absolute Gasteiger partial charge is 0.497 e. The highest BCUT2D eigenvalue weighted by Crippen LogP contribution is 2.57. The summed E-state index contributed by atoms with van der Waals surface area (Å²) < 4.78 is 39.3. The van der Waals surface area contributed by atoms with Crippen LogP contribution in [-0.4, -0.2) is 92.1 Å². The maximum Gasteiger partial charge on any atom is 0.246 e. The number of carbonyl (C=O) groups excluding carboxylic acids is 4.